The Bertz CT molecular complexity index is 482. The SMILES string of the molecule is O=C(NC1C2CCOC2C1N1CCCC1)c1cncs1. The molecule has 1 aromatic rings. The summed E-state index contributed by atoms with van der Waals surface area (Å²) < 4.78 is 5.88. The van der Waals surface area contributed by atoms with Gasteiger partial charge in [-0.25, -0.2) is 0 Å². The van der Waals surface area contributed by atoms with E-state index in [1.54, 1.807) is 11.7 Å². The van der Waals surface area contributed by atoms with Gasteiger partial charge < -0.3 is 10.1 Å². The van der Waals surface area contributed by atoms with Crippen LogP contribution >= 0.6 is 11.3 Å². The Morgan fingerprint density at radius 1 is 1.45 bits per heavy atom. The number of hydrogen-bond donors (Lipinski definition) is 1. The Hall–Kier alpha value is -0.980. The molecule has 2 saturated heterocycles. The number of nitrogens with zero attached hydrogens (tertiary/aromatic N) is 2. The third-order valence-corrected chi connectivity index (χ3v) is 5.64. The van der Waals surface area contributed by atoms with Gasteiger partial charge in [-0.15, -0.1) is 11.3 Å². The quantitative estimate of drug-likeness (QED) is 0.907. The smallest absolute Gasteiger partial charge is 0.263 e. The maximum absolute atomic E-state index is 12.3. The number of amides is 1. The lowest BCUT2D eigenvalue weighted by Crippen LogP contribution is -2.70. The number of thiazole rings is 1. The first-order valence-electron chi connectivity index (χ1n) is 7.39. The summed E-state index contributed by atoms with van der Waals surface area (Å²) in [6.45, 7) is 3.13. The summed E-state index contributed by atoms with van der Waals surface area (Å²) in [6, 6.07) is 0.622. The molecule has 20 heavy (non-hydrogen) atoms. The van der Waals surface area contributed by atoms with Crippen molar-refractivity contribution < 1.29 is 9.53 Å². The number of carbonyl (C=O) groups excluding carboxylic acids is 1. The number of likely N-dealkylation sites (tertiary alicyclic amines) is 1. The number of ether oxygens (including phenoxy) is 1. The summed E-state index contributed by atoms with van der Waals surface area (Å²) in [5, 5.41) is 3.23. The van der Waals surface area contributed by atoms with Crippen molar-refractivity contribution in [2.24, 2.45) is 5.92 Å². The van der Waals surface area contributed by atoms with Crippen molar-refractivity contribution in [1.29, 1.82) is 0 Å². The summed E-state index contributed by atoms with van der Waals surface area (Å²) in [7, 11) is 0. The molecule has 2 aliphatic heterocycles. The molecule has 6 heteroatoms. The average molecular weight is 293 g/mol. The van der Waals surface area contributed by atoms with E-state index in [-0.39, 0.29) is 11.9 Å². The van der Waals surface area contributed by atoms with Crippen molar-refractivity contribution in [2.75, 3.05) is 19.7 Å². The maximum atomic E-state index is 12.3. The molecule has 1 amide bonds. The molecule has 3 heterocycles. The predicted molar refractivity (Wildman–Crippen MR) is 75.8 cm³/mol. The van der Waals surface area contributed by atoms with Gasteiger partial charge in [0.2, 0.25) is 0 Å². The molecule has 1 saturated carbocycles. The topological polar surface area (TPSA) is 54.5 Å². The molecule has 0 radical (unpaired) electrons. The van der Waals surface area contributed by atoms with Gasteiger partial charge in [-0.05, 0) is 32.4 Å². The van der Waals surface area contributed by atoms with Crippen molar-refractivity contribution in [3.05, 3.63) is 16.6 Å². The summed E-state index contributed by atoms with van der Waals surface area (Å²) in [6.07, 6.45) is 5.58. The molecular weight excluding hydrogens is 274 g/mol. The van der Waals surface area contributed by atoms with E-state index in [0.29, 0.717) is 22.9 Å². The molecule has 5 nitrogen and oxygen atoms in total. The number of rotatable bonds is 3. The van der Waals surface area contributed by atoms with Crippen LogP contribution in [0.25, 0.3) is 0 Å². The zero-order valence-corrected chi connectivity index (χ0v) is 12.1. The molecule has 1 aliphatic carbocycles. The fourth-order valence-electron chi connectivity index (χ4n) is 3.89. The third-order valence-electron chi connectivity index (χ3n) is 4.87. The van der Waals surface area contributed by atoms with Crippen LogP contribution in [-0.4, -0.2) is 53.7 Å². The Balaban J connectivity index is 1.48. The van der Waals surface area contributed by atoms with Crippen LogP contribution in [-0.2, 0) is 4.74 Å². The molecule has 0 aromatic carbocycles. The number of carbonyl (C=O) groups is 1. The lowest BCUT2D eigenvalue weighted by molar-refractivity contribution is -0.0747. The second-order valence-corrected chi connectivity index (χ2v) is 6.77. The number of nitrogens with one attached hydrogen (secondary N) is 1. The summed E-state index contributed by atoms with van der Waals surface area (Å²) in [5.41, 5.74) is 1.70. The zero-order valence-electron chi connectivity index (χ0n) is 11.3. The van der Waals surface area contributed by atoms with E-state index in [1.807, 2.05) is 0 Å². The van der Waals surface area contributed by atoms with Crippen molar-refractivity contribution in [3.63, 3.8) is 0 Å². The van der Waals surface area contributed by atoms with Gasteiger partial charge >= 0.3 is 0 Å². The van der Waals surface area contributed by atoms with Crippen LogP contribution in [0.5, 0.6) is 0 Å². The van der Waals surface area contributed by atoms with Crippen molar-refractivity contribution in [2.45, 2.75) is 37.5 Å². The highest BCUT2D eigenvalue weighted by molar-refractivity contribution is 7.11. The molecule has 3 fully saturated rings. The first kappa shape index (κ1) is 12.7. The highest BCUT2D eigenvalue weighted by Gasteiger charge is 2.56. The predicted octanol–water partition coefficient (Wildman–Crippen LogP) is 1.12. The van der Waals surface area contributed by atoms with Gasteiger partial charge in [0.05, 0.1) is 29.9 Å². The standard InChI is InChI=1S/C14H19N3O2S/c18-14(10-7-15-8-20-10)16-11-9-3-6-19-13(9)12(11)17-4-1-2-5-17/h7-9,11-13H,1-6H2,(H,16,18). The monoisotopic (exact) mass is 293 g/mol. The Labute approximate surface area is 122 Å². The van der Waals surface area contributed by atoms with E-state index >= 15 is 0 Å². The normalized spacial score (nSPS) is 36.6. The largest absolute Gasteiger partial charge is 0.376 e. The minimum Gasteiger partial charge on any atom is -0.376 e. The highest BCUT2D eigenvalue weighted by atomic mass is 32.1. The second-order valence-electron chi connectivity index (χ2n) is 5.89. The minimum atomic E-state index is 0.0204. The first-order valence-corrected chi connectivity index (χ1v) is 8.27. The molecular formula is C14H19N3O2S. The van der Waals surface area contributed by atoms with Crippen LogP contribution < -0.4 is 5.32 Å². The number of aromatic nitrogens is 1. The average Bonchev–Trinajstić information content (AvgIpc) is 3.18. The Morgan fingerprint density at radius 3 is 3.05 bits per heavy atom. The molecule has 1 N–H and O–H groups in total. The van der Waals surface area contributed by atoms with Crippen molar-refractivity contribution in [1.82, 2.24) is 15.2 Å². The fourth-order valence-corrected chi connectivity index (χ4v) is 4.42. The molecule has 108 valence electrons. The molecule has 0 bridgehead atoms. The summed E-state index contributed by atoms with van der Waals surface area (Å²) in [5.74, 6) is 0.518. The Kier molecular flexibility index (Phi) is 3.24. The van der Waals surface area contributed by atoms with Gasteiger partial charge in [0, 0.05) is 12.5 Å². The highest BCUT2D eigenvalue weighted by Crippen LogP contribution is 2.42. The van der Waals surface area contributed by atoms with E-state index in [1.165, 1.54) is 24.2 Å². The number of fused-ring (bicyclic) bond motifs is 1. The number of hydrogen-bond acceptors (Lipinski definition) is 5. The molecule has 4 atom stereocenters. The van der Waals surface area contributed by atoms with Crippen LogP contribution in [0.15, 0.2) is 11.7 Å². The van der Waals surface area contributed by atoms with Crippen molar-refractivity contribution >= 4 is 17.2 Å². The van der Waals surface area contributed by atoms with Gasteiger partial charge in [0.15, 0.2) is 0 Å². The van der Waals surface area contributed by atoms with E-state index in [0.717, 1.165) is 26.1 Å². The van der Waals surface area contributed by atoms with Gasteiger partial charge in [-0.3, -0.25) is 14.7 Å². The zero-order chi connectivity index (χ0) is 13.5. The summed E-state index contributed by atoms with van der Waals surface area (Å²) >= 11 is 1.40. The first-order chi connectivity index (χ1) is 9.84. The molecule has 4 unspecified atom stereocenters. The van der Waals surface area contributed by atoms with E-state index in [4.69, 9.17) is 4.74 Å². The fraction of sp³-hybridized carbons (Fsp3) is 0.714. The van der Waals surface area contributed by atoms with E-state index < -0.39 is 0 Å². The van der Waals surface area contributed by atoms with E-state index in [2.05, 4.69) is 15.2 Å². The van der Waals surface area contributed by atoms with Crippen LogP contribution in [0.4, 0.5) is 0 Å². The van der Waals surface area contributed by atoms with Gasteiger partial charge in [-0.1, -0.05) is 0 Å². The second kappa shape index (κ2) is 5.09. The molecule has 1 aromatic heterocycles. The van der Waals surface area contributed by atoms with Crippen LogP contribution in [0.3, 0.4) is 0 Å². The van der Waals surface area contributed by atoms with Crippen LogP contribution in [0.2, 0.25) is 0 Å². The third kappa shape index (κ3) is 1.98. The van der Waals surface area contributed by atoms with Gasteiger partial charge in [0.1, 0.15) is 4.88 Å². The Morgan fingerprint density at radius 2 is 2.30 bits per heavy atom. The summed E-state index contributed by atoms with van der Waals surface area (Å²) in [4.78, 5) is 19.4. The van der Waals surface area contributed by atoms with Crippen molar-refractivity contribution in [3.8, 4) is 0 Å². The van der Waals surface area contributed by atoms with Gasteiger partial charge in [0.25, 0.3) is 5.91 Å². The van der Waals surface area contributed by atoms with Gasteiger partial charge in [-0.2, -0.15) is 0 Å². The molecule has 4 rings (SSSR count). The molecule has 3 aliphatic rings. The van der Waals surface area contributed by atoms with Crippen LogP contribution in [0.1, 0.15) is 28.9 Å². The minimum absolute atomic E-state index is 0.0204. The lowest BCUT2D eigenvalue weighted by Gasteiger charge is -2.51. The maximum Gasteiger partial charge on any atom is 0.263 e. The van der Waals surface area contributed by atoms with E-state index in [9.17, 15) is 4.79 Å². The van der Waals surface area contributed by atoms with Crippen LogP contribution in [0, 0.1) is 5.92 Å². The molecule has 0 spiro atoms. The lowest BCUT2D eigenvalue weighted by atomic mass is 9.70.